The van der Waals surface area contributed by atoms with Gasteiger partial charge in [-0.3, -0.25) is 5.32 Å². The Balaban J connectivity index is 1.82. The molecular weight excluding hydrogens is 544 g/mol. The van der Waals surface area contributed by atoms with E-state index in [1.54, 1.807) is 66.8 Å². The highest BCUT2D eigenvalue weighted by Crippen LogP contribution is 2.38. The molecule has 1 aliphatic rings. The molecule has 2 amide bonds. The minimum atomic E-state index is -3.97. The van der Waals surface area contributed by atoms with Crippen molar-refractivity contribution in [3.8, 4) is 10.4 Å². The molecule has 1 fully saturated rings. The number of carbonyl (C=O) groups excluding carboxylic acids is 2. The second-order valence-electron chi connectivity index (χ2n) is 10.9. The number of hydrogen-bond donors (Lipinski definition) is 3. The maximum atomic E-state index is 13.4. The summed E-state index contributed by atoms with van der Waals surface area (Å²) in [5.74, 6) is 0. The molecule has 2 atom stereocenters. The Labute approximate surface area is 234 Å². The van der Waals surface area contributed by atoms with Crippen molar-refractivity contribution in [2.24, 2.45) is 0 Å². The molecule has 0 saturated carbocycles. The lowest BCUT2D eigenvalue weighted by Crippen LogP contribution is -2.42. The Morgan fingerprint density at radius 1 is 1.08 bits per heavy atom. The van der Waals surface area contributed by atoms with E-state index in [0.717, 1.165) is 0 Å². The van der Waals surface area contributed by atoms with Crippen molar-refractivity contribution in [2.45, 2.75) is 96.1 Å². The van der Waals surface area contributed by atoms with Crippen LogP contribution in [-0.4, -0.2) is 56.0 Å². The zero-order chi connectivity index (χ0) is 29.0. The van der Waals surface area contributed by atoms with Crippen LogP contribution in [0, 0.1) is 0 Å². The number of benzene rings is 1. The second kappa shape index (κ2) is 12.6. The first-order valence-electron chi connectivity index (χ1n) is 12.8. The Hall–Kier alpha value is -2.74. The fraction of sp³-hybridized carbons (Fsp3) is 0.577. The largest absolute Gasteiger partial charge is 0.447 e. The molecule has 1 saturated heterocycles. The van der Waals surface area contributed by atoms with Crippen LogP contribution < -0.4 is 15.4 Å². The maximum absolute atomic E-state index is 13.4. The number of sulfonamides is 1. The predicted molar refractivity (Wildman–Crippen MR) is 149 cm³/mol. The number of nitrogens with one attached hydrogen (secondary N) is 3. The van der Waals surface area contributed by atoms with E-state index >= 15 is 0 Å². The number of rotatable bonds is 8. The van der Waals surface area contributed by atoms with Crippen LogP contribution in [0.2, 0.25) is 0 Å². The van der Waals surface area contributed by atoms with Gasteiger partial charge in [0, 0.05) is 23.0 Å². The normalized spacial score (nSPS) is 18.2. The zero-order valence-corrected chi connectivity index (χ0v) is 25.0. The number of amides is 2. The summed E-state index contributed by atoms with van der Waals surface area (Å²) >= 11 is 1.34. The molecule has 13 heteroatoms. The van der Waals surface area contributed by atoms with Gasteiger partial charge in [-0.1, -0.05) is 6.07 Å². The van der Waals surface area contributed by atoms with E-state index < -0.39 is 27.7 Å². The van der Waals surface area contributed by atoms with Crippen LogP contribution in [0.3, 0.4) is 0 Å². The summed E-state index contributed by atoms with van der Waals surface area (Å²) in [6.45, 7) is 12.6. The number of alkyl carbamates (subject to hydrolysis) is 1. The first-order chi connectivity index (χ1) is 18.1. The Morgan fingerprint density at radius 3 is 2.33 bits per heavy atom. The lowest BCUT2D eigenvalue weighted by Gasteiger charge is -2.28. The van der Waals surface area contributed by atoms with Gasteiger partial charge in [0.2, 0.25) is 10.0 Å². The van der Waals surface area contributed by atoms with Gasteiger partial charge in [0.1, 0.15) is 11.1 Å². The molecule has 216 valence electrons. The molecule has 0 spiro atoms. The third-order valence-electron chi connectivity index (χ3n) is 5.31. The Kier molecular flexibility index (Phi) is 9.97. The molecule has 2 aromatic rings. The average molecular weight is 583 g/mol. The summed E-state index contributed by atoms with van der Waals surface area (Å²) in [6, 6.07) is 4.51. The van der Waals surface area contributed by atoms with Crippen LogP contribution in [0.25, 0.3) is 10.4 Å². The van der Waals surface area contributed by atoms with Gasteiger partial charge < -0.3 is 19.5 Å². The molecule has 0 unspecified atom stereocenters. The maximum Gasteiger partial charge on any atom is 0.411 e. The van der Waals surface area contributed by atoms with Crippen molar-refractivity contribution < 1.29 is 32.2 Å². The van der Waals surface area contributed by atoms with Gasteiger partial charge in [-0.2, -0.15) is 0 Å². The minimum Gasteiger partial charge on any atom is -0.447 e. The molecule has 3 N–H and O–H groups in total. The van der Waals surface area contributed by atoms with E-state index in [-0.39, 0.29) is 34.9 Å². The topological polar surface area (TPSA) is 145 Å². The van der Waals surface area contributed by atoms with Gasteiger partial charge in [-0.15, -0.1) is 11.3 Å². The number of thiazole rings is 1. The zero-order valence-electron chi connectivity index (χ0n) is 23.4. The molecule has 39 heavy (non-hydrogen) atoms. The highest BCUT2D eigenvalue weighted by molar-refractivity contribution is 7.89. The lowest BCUT2D eigenvalue weighted by molar-refractivity contribution is -0.00533. The number of hydrogen-bond acceptors (Lipinski definition) is 9. The standard InChI is InChI=1S/C26H38N4O7S2/c1-15(2)36-24(31)28-17-8-10-19(22(12-17)39(33,34)30-26(5,6)7)21-13-27-23(38-21)20-11-9-18(14-35-20)29-25(32)37-16(3)4/h8,10,12-13,15-16,18,20,30H,9,11,14H2,1-7H3,(H,28,31)(H,29,32)/t18-,20+/m1/s1. The van der Waals surface area contributed by atoms with Crippen LogP contribution in [0.15, 0.2) is 29.3 Å². The SMILES string of the molecule is CC(C)OC(=O)Nc1ccc(-c2cnc([C@@H]3CC[C@@H](NC(=O)OC(C)C)CO3)s2)c(S(=O)(=O)NC(C)(C)C)c1. The number of ether oxygens (including phenoxy) is 3. The number of aromatic nitrogens is 1. The van der Waals surface area contributed by atoms with Crippen LogP contribution in [0.5, 0.6) is 0 Å². The predicted octanol–water partition coefficient (Wildman–Crippen LogP) is 5.20. The molecule has 1 aromatic heterocycles. The third kappa shape index (κ3) is 9.16. The van der Waals surface area contributed by atoms with E-state index in [1.165, 1.54) is 17.4 Å². The third-order valence-corrected chi connectivity index (χ3v) is 8.23. The van der Waals surface area contributed by atoms with E-state index in [0.29, 0.717) is 34.9 Å². The summed E-state index contributed by atoms with van der Waals surface area (Å²) in [5.41, 5.74) is 0.00972. The van der Waals surface area contributed by atoms with E-state index in [9.17, 15) is 18.0 Å². The number of nitrogens with zero attached hydrogens (tertiary/aromatic N) is 1. The first kappa shape index (κ1) is 30.8. The van der Waals surface area contributed by atoms with Crippen LogP contribution >= 0.6 is 11.3 Å². The van der Waals surface area contributed by atoms with Gasteiger partial charge in [0.25, 0.3) is 0 Å². The highest BCUT2D eigenvalue weighted by Gasteiger charge is 2.29. The van der Waals surface area contributed by atoms with Crippen molar-refractivity contribution in [1.29, 1.82) is 0 Å². The van der Waals surface area contributed by atoms with Crippen LogP contribution in [-0.2, 0) is 24.2 Å². The van der Waals surface area contributed by atoms with Crippen molar-refractivity contribution >= 4 is 39.2 Å². The highest BCUT2D eigenvalue weighted by atomic mass is 32.2. The summed E-state index contributed by atoms with van der Waals surface area (Å²) in [5, 5.41) is 6.11. The molecule has 0 bridgehead atoms. The first-order valence-corrected chi connectivity index (χ1v) is 15.1. The monoisotopic (exact) mass is 582 g/mol. The Bertz CT molecular complexity index is 1260. The van der Waals surface area contributed by atoms with E-state index in [4.69, 9.17) is 14.2 Å². The molecule has 3 rings (SSSR count). The summed E-state index contributed by atoms with van der Waals surface area (Å²) in [7, 11) is -3.97. The summed E-state index contributed by atoms with van der Waals surface area (Å²) in [6.07, 6.45) is 0.994. The van der Waals surface area contributed by atoms with E-state index in [1.807, 2.05) is 0 Å². The fourth-order valence-corrected chi connectivity index (χ4v) is 6.65. The van der Waals surface area contributed by atoms with E-state index in [2.05, 4.69) is 20.3 Å². The molecule has 0 radical (unpaired) electrons. The molecule has 0 aliphatic carbocycles. The fourth-order valence-electron chi connectivity index (χ4n) is 3.88. The molecule has 11 nitrogen and oxygen atoms in total. The molecule has 1 aromatic carbocycles. The number of carbonyl (C=O) groups is 2. The van der Waals surface area contributed by atoms with Gasteiger partial charge >= 0.3 is 12.2 Å². The molecule has 2 heterocycles. The van der Waals surface area contributed by atoms with Crippen molar-refractivity contribution in [1.82, 2.24) is 15.0 Å². The minimum absolute atomic E-state index is 0.00691. The smallest absolute Gasteiger partial charge is 0.411 e. The molecule has 1 aliphatic heterocycles. The summed E-state index contributed by atoms with van der Waals surface area (Å²) < 4.78 is 45.7. The lowest BCUT2D eigenvalue weighted by atomic mass is 10.1. The van der Waals surface area contributed by atoms with Gasteiger partial charge in [0.15, 0.2) is 0 Å². The van der Waals surface area contributed by atoms with Crippen molar-refractivity contribution in [3.05, 3.63) is 29.4 Å². The number of anilines is 1. The second-order valence-corrected chi connectivity index (χ2v) is 13.6. The van der Waals surface area contributed by atoms with Crippen molar-refractivity contribution in [2.75, 3.05) is 11.9 Å². The van der Waals surface area contributed by atoms with Crippen LogP contribution in [0.4, 0.5) is 15.3 Å². The van der Waals surface area contributed by atoms with Gasteiger partial charge in [0.05, 0.1) is 34.6 Å². The van der Waals surface area contributed by atoms with Gasteiger partial charge in [-0.05, 0) is 73.4 Å². The van der Waals surface area contributed by atoms with Crippen LogP contribution in [0.1, 0.15) is 72.4 Å². The Morgan fingerprint density at radius 2 is 1.74 bits per heavy atom. The van der Waals surface area contributed by atoms with Crippen molar-refractivity contribution in [3.63, 3.8) is 0 Å². The average Bonchev–Trinajstić information content (AvgIpc) is 3.27. The van der Waals surface area contributed by atoms with Gasteiger partial charge in [-0.25, -0.2) is 27.7 Å². The quantitative estimate of drug-likeness (QED) is 0.385. The summed E-state index contributed by atoms with van der Waals surface area (Å²) in [4.78, 5) is 29.2. The molecular formula is C26H38N4O7S2.